The maximum absolute atomic E-state index is 14.0. The van der Waals surface area contributed by atoms with Gasteiger partial charge in [0.05, 0.1) is 30.8 Å². The molecule has 2 aliphatic carbocycles. The zero-order chi connectivity index (χ0) is 36.1. The first-order valence-electron chi connectivity index (χ1n) is 17.6. The minimum Gasteiger partial charge on any atom is -0.396 e. The summed E-state index contributed by atoms with van der Waals surface area (Å²) in [6, 6.07) is 5.57. The Morgan fingerprint density at radius 3 is 2.61 bits per heavy atom. The van der Waals surface area contributed by atoms with Crippen LogP contribution in [0.5, 0.6) is 0 Å². The first kappa shape index (κ1) is 38.6. The lowest BCUT2D eigenvalue weighted by Crippen LogP contribution is -2.59. The van der Waals surface area contributed by atoms with Crippen molar-refractivity contribution in [1.29, 1.82) is 0 Å². The second-order valence-electron chi connectivity index (χ2n) is 14.6. The van der Waals surface area contributed by atoms with Crippen molar-refractivity contribution >= 4 is 11.7 Å². The fraction of sp³-hybridized carbons (Fsp3) is 0.550. The molecule has 7 unspecified atom stereocenters. The summed E-state index contributed by atoms with van der Waals surface area (Å²) in [7, 11) is 0. The molecule has 1 aromatic rings. The summed E-state index contributed by atoms with van der Waals surface area (Å²) in [4.78, 5) is 26.3. The molecule has 1 aromatic carbocycles. The van der Waals surface area contributed by atoms with Gasteiger partial charge in [-0.3, -0.25) is 9.59 Å². The molecule has 4 rings (SSSR count). The van der Waals surface area contributed by atoms with Crippen LogP contribution in [0.2, 0.25) is 0 Å². The molecule has 2 saturated carbocycles. The average molecular weight is 677 g/mol. The Morgan fingerprint density at radius 2 is 1.94 bits per heavy atom. The van der Waals surface area contributed by atoms with Crippen molar-refractivity contribution in [3.05, 3.63) is 93.6 Å². The van der Waals surface area contributed by atoms with Gasteiger partial charge in [0.15, 0.2) is 5.78 Å². The molecular weight excluding hydrogens is 620 g/mol. The predicted molar refractivity (Wildman–Crippen MR) is 191 cm³/mol. The van der Waals surface area contributed by atoms with Gasteiger partial charge in [-0.1, -0.05) is 60.2 Å². The predicted octanol–water partition coefficient (Wildman–Crippen LogP) is 4.18. The van der Waals surface area contributed by atoms with Crippen molar-refractivity contribution in [2.24, 2.45) is 23.0 Å². The number of Topliss-reactive ketones (excluding diaryl/α,β-unsaturated/α-hetero) is 1. The zero-order valence-corrected chi connectivity index (χ0v) is 29.5. The number of hydrogen-bond donors (Lipinski definition) is 7. The number of hydrogen-bond acceptors (Lipinski definition) is 8. The van der Waals surface area contributed by atoms with E-state index in [4.69, 9.17) is 5.73 Å². The highest BCUT2D eigenvalue weighted by molar-refractivity contribution is 5.97. The summed E-state index contributed by atoms with van der Waals surface area (Å²) in [6.07, 6.45) is 8.19. The van der Waals surface area contributed by atoms with Gasteiger partial charge in [0.2, 0.25) is 5.91 Å². The lowest BCUT2D eigenvalue weighted by atomic mass is 9.52. The number of nitrogens with two attached hydrogens (primary N) is 1. The number of carbonyl (C=O) groups is 2. The molecule has 7 atom stereocenters. The maximum Gasteiger partial charge on any atom is 0.225 e. The molecule has 3 aliphatic rings. The highest BCUT2D eigenvalue weighted by atomic mass is 16.3. The molecule has 1 aliphatic heterocycles. The van der Waals surface area contributed by atoms with Crippen molar-refractivity contribution in [3.63, 3.8) is 0 Å². The second-order valence-corrected chi connectivity index (χ2v) is 14.6. The van der Waals surface area contributed by atoms with Crippen LogP contribution in [0.15, 0.2) is 76.9 Å². The lowest BCUT2D eigenvalue weighted by Gasteiger charge is -2.55. The third-order valence-electron chi connectivity index (χ3n) is 11.4. The second kappa shape index (κ2) is 16.2. The van der Waals surface area contributed by atoms with Gasteiger partial charge in [-0.05, 0) is 112 Å². The number of allylic oxidation sites excluding steroid dienone is 5. The third kappa shape index (κ3) is 8.08. The molecule has 2 fully saturated rings. The van der Waals surface area contributed by atoms with Crippen molar-refractivity contribution in [2.75, 3.05) is 13.2 Å². The Hall–Kier alpha value is -3.18. The fourth-order valence-electron chi connectivity index (χ4n) is 8.54. The normalized spacial score (nSPS) is 30.2. The Bertz CT molecular complexity index is 1530. The van der Waals surface area contributed by atoms with Crippen LogP contribution in [0.4, 0.5) is 0 Å². The van der Waals surface area contributed by atoms with Crippen LogP contribution in [-0.4, -0.2) is 68.2 Å². The molecule has 0 aromatic heterocycles. The zero-order valence-electron chi connectivity index (χ0n) is 29.5. The number of ketones is 1. The first-order valence-corrected chi connectivity index (χ1v) is 17.6. The van der Waals surface area contributed by atoms with Crippen molar-refractivity contribution < 1.29 is 35.1 Å². The van der Waals surface area contributed by atoms with E-state index in [9.17, 15) is 35.1 Å². The molecule has 1 heterocycles. The van der Waals surface area contributed by atoms with E-state index >= 15 is 0 Å². The van der Waals surface area contributed by atoms with Crippen molar-refractivity contribution in [3.8, 4) is 0 Å². The number of aliphatic hydroxyl groups is 5. The Morgan fingerprint density at radius 1 is 1.20 bits per heavy atom. The van der Waals surface area contributed by atoms with Crippen LogP contribution < -0.4 is 11.1 Å². The van der Waals surface area contributed by atoms with Gasteiger partial charge in [0, 0.05) is 24.4 Å². The van der Waals surface area contributed by atoms with Crippen LogP contribution in [0, 0.1) is 17.3 Å². The monoisotopic (exact) mass is 676 g/mol. The van der Waals surface area contributed by atoms with E-state index < -0.39 is 35.3 Å². The van der Waals surface area contributed by atoms with Crippen LogP contribution in [0.3, 0.4) is 0 Å². The molecule has 49 heavy (non-hydrogen) atoms. The fourth-order valence-corrected chi connectivity index (χ4v) is 8.54. The maximum atomic E-state index is 14.0. The number of benzene rings is 1. The topological polar surface area (TPSA) is 173 Å². The smallest absolute Gasteiger partial charge is 0.225 e. The van der Waals surface area contributed by atoms with Crippen molar-refractivity contribution in [1.82, 2.24) is 5.32 Å². The van der Waals surface area contributed by atoms with E-state index in [-0.39, 0.29) is 43.7 Å². The third-order valence-corrected chi connectivity index (χ3v) is 11.4. The van der Waals surface area contributed by atoms with E-state index in [0.29, 0.717) is 61.7 Å². The van der Waals surface area contributed by atoms with Crippen molar-refractivity contribution in [2.45, 2.75) is 109 Å². The van der Waals surface area contributed by atoms with E-state index in [1.165, 1.54) is 0 Å². The van der Waals surface area contributed by atoms with Crippen LogP contribution in [-0.2, 0) is 22.4 Å². The number of nitrogens with one attached hydrogen (secondary N) is 1. The summed E-state index contributed by atoms with van der Waals surface area (Å²) < 4.78 is 0. The van der Waals surface area contributed by atoms with Gasteiger partial charge >= 0.3 is 0 Å². The number of aliphatic hydroxyl groups excluding tert-OH is 4. The number of carbonyl (C=O) groups excluding carboxylic acids is 2. The minimum absolute atomic E-state index is 0.0665. The van der Waals surface area contributed by atoms with Gasteiger partial charge in [-0.15, -0.1) is 0 Å². The van der Waals surface area contributed by atoms with Gasteiger partial charge in [0.25, 0.3) is 0 Å². The highest BCUT2D eigenvalue weighted by Crippen LogP contribution is 2.63. The van der Waals surface area contributed by atoms with Gasteiger partial charge < -0.3 is 36.6 Å². The quantitative estimate of drug-likeness (QED) is 0.0926. The molecular formula is C40H56N2O7. The van der Waals surface area contributed by atoms with Crippen LogP contribution in [0.25, 0.3) is 0 Å². The molecule has 1 spiro atoms. The molecule has 9 nitrogen and oxygen atoms in total. The number of rotatable bonds is 13. The molecule has 9 heteroatoms. The molecule has 268 valence electrons. The largest absolute Gasteiger partial charge is 0.396 e. The summed E-state index contributed by atoms with van der Waals surface area (Å²) in [6.45, 7) is 11.1. The first-order chi connectivity index (χ1) is 23.2. The summed E-state index contributed by atoms with van der Waals surface area (Å²) in [5.74, 6) is -1.10. The van der Waals surface area contributed by atoms with E-state index in [2.05, 4.69) is 11.9 Å². The highest BCUT2D eigenvalue weighted by Gasteiger charge is 2.64. The Kier molecular flexibility index (Phi) is 12.8. The molecule has 8 N–H and O–H groups in total. The Balaban J connectivity index is 1.66. The number of fused-ring (bicyclic) bond motifs is 1. The van der Waals surface area contributed by atoms with E-state index in [1.54, 1.807) is 25.2 Å². The van der Waals surface area contributed by atoms with E-state index in [1.807, 2.05) is 45.0 Å². The average Bonchev–Trinajstić information content (AvgIpc) is 3.40. The van der Waals surface area contributed by atoms with Crippen LogP contribution >= 0.6 is 0 Å². The minimum atomic E-state index is -1.27. The molecule has 0 radical (unpaired) electrons. The summed E-state index contributed by atoms with van der Waals surface area (Å²) in [5.41, 5.74) is 9.95. The summed E-state index contributed by atoms with van der Waals surface area (Å²) in [5, 5.41) is 57.8. The summed E-state index contributed by atoms with van der Waals surface area (Å²) >= 11 is 0. The lowest BCUT2D eigenvalue weighted by molar-refractivity contribution is -0.167. The van der Waals surface area contributed by atoms with E-state index in [0.717, 1.165) is 27.8 Å². The number of amides is 1. The van der Waals surface area contributed by atoms with Gasteiger partial charge in [-0.25, -0.2) is 0 Å². The van der Waals surface area contributed by atoms with Gasteiger partial charge in [-0.2, -0.15) is 0 Å². The standard InChI is InChI=1S/C40H56N2O7/c1-24(2)14-15-34(45)25(3)9-6-11-28(23-44)30-17-19-40(37(30)48)33(13-8-20-43)29(16-18-39(40,5)49)26(4)35(46)21-27-10-7-12-31-32(27)22-36(47)42-38(31)41/h6-7,9-12,14,30,33-34,37-38,43-45,48-49H,3,8,13,15-23,41H2,1-2,4-5H3,(H,42,47). The van der Waals surface area contributed by atoms with Gasteiger partial charge in [0.1, 0.15) is 6.17 Å². The molecule has 0 saturated heterocycles. The Labute approximate surface area is 291 Å². The van der Waals surface area contributed by atoms with Crippen LogP contribution in [0.1, 0.15) is 95.5 Å². The molecule has 0 bridgehead atoms. The molecule has 1 amide bonds. The SMILES string of the molecule is C=C(C=CC=C(CO)C1CCC2(C(CCCO)C(=C(C)C(=O)Cc3cccc4c3CC(=O)NC4N)CCC2(C)O)C1O)C(O)CC=C(C)C.